The van der Waals surface area contributed by atoms with Gasteiger partial charge in [0.15, 0.2) is 9.84 Å². The molecule has 0 bridgehead atoms. The van der Waals surface area contributed by atoms with E-state index >= 15 is 0 Å². The van der Waals surface area contributed by atoms with Crippen LogP contribution >= 0.6 is 0 Å². The third-order valence-corrected chi connectivity index (χ3v) is 4.44. The number of anilines is 2. The first kappa shape index (κ1) is 18.5. The lowest BCUT2D eigenvalue weighted by Gasteiger charge is -2.12. The molecule has 7 nitrogen and oxygen atoms in total. The first-order chi connectivity index (χ1) is 11.7. The molecule has 2 N–H and O–H groups in total. The zero-order chi connectivity index (χ0) is 18.6. The lowest BCUT2D eigenvalue weighted by Crippen LogP contribution is -2.13. The summed E-state index contributed by atoms with van der Waals surface area (Å²) < 4.78 is 28.1. The number of benzene rings is 2. The van der Waals surface area contributed by atoms with Crippen molar-refractivity contribution < 1.29 is 22.7 Å². The molecule has 2 rings (SSSR count). The van der Waals surface area contributed by atoms with Gasteiger partial charge in [-0.15, -0.1) is 0 Å². The largest absolute Gasteiger partial charge is 0.495 e. The van der Waals surface area contributed by atoms with Gasteiger partial charge < -0.3 is 15.4 Å². The van der Waals surface area contributed by atoms with Gasteiger partial charge in [-0.3, -0.25) is 9.59 Å². The Hall–Kier alpha value is -2.87. The molecule has 2 aromatic carbocycles. The van der Waals surface area contributed by atoms with Crippen LogP contribution in [0.25, 0.3) is 0 Å². The lowest BCUT2D eigenvalue weighted by molar-refractivity contribution is -0.114. The maximum Gasteiger partial charge on any atom is 0.255 e. The number of ether oxygens (including phenoxy) is 1. The molecule has 0 saturated carbocycles. The zero-order valence-electron chi connectivity index (χ0n) is 14.0. The Morgan fingerprint density at radius 1 is 1.00 bits per heavy atom. The number of amides is 2. The van der Waals surface area contributed by atoms with E-state index in [4.69, 9.17) is 4.74 Å². The maximum atomic E-state index is 12.4. The van der Waals surface area contributed by atoms with Crippen LogP contribution in [0.4, 0.5) is 11.4 Å². The van der Waals surface area contributed by atoms with E-state index in [1.165, 1.54) is 38.3 Å². The maximum absolute atomic E-state index is 12.4. The fraction of sp³-hybridized carbons (Fsp3) is 0.176. The lowest BCUT2D eigenvalue weighted by atomic mass is 10.2. The van der Waals surface area contributed by atoms with Gasteiger partial charge in [-0.25, -0.2) is 8.42 Å². The third-order valence-electron chi connectivity index (χ3n) is 3.31. The summed E-state index contributed by atoms with van der Waals surface area (Å²) in [5.74, 6) is -0.243. The van der Waals surface area contributed by atoms with E-state index in [9.17, 15) is 18.0 Å². The summed E-state index contributed by atoms with van der Waals surface area (Å²) in [6.45, 7) is 1.38. The molecule has 0 fully saturated rings. The van der Waals surface area contributed by atoms with Crippen molar-refractivity contribution in [1.82, 2.24) is 0 Å². The molecule has 0 aliphatic rings. The van der Waals surface area contributed by atoms with Crippen LogP contribution in [-0.4, -0.2) is 33.6 Å². The van der Waals surface area contributed by atoms with E-state index in [-0.39, 0.29) is 10.8 Å². The summed E-state index contributed by atoms with van der Waals surface area (Å²) in [7, 11) is -1.86. The quantitative estimate of drug-likeness (QED) is 0.850. The minimum absolute atomic E-state index is 0.134. The van der Waals surface area contributed by atoms with Gasteiger partial charge in [0.25, 0.3) is 5.91 Å². The van der Waals surface area contributed by atoms with Gasteiger partial charge in [-0.1, -0.05) is 0 Å². The van der Waals surface area contributed by atoms with Gasteiger partial charge in [0, 0.05) is 24.4 Å². The van der Waals surface area contributed by atoms with E-state index in [1.807, 2.05) is 0 Å². The molecule has 25 heavy (non-hydrogen) atoms. The molecule has 0 spiro atoms. The van der Waals surface area contributed by atoms with Crippen molar-refractivity contribution in [3.8, 4) is 5.75 Å². The first-order valence-corrected chi connectivity index (χ1v) is 9.17. The average Bonchev–Trinajstić information content (AvgIpc) is 2.54. The smallest absolute Gasteiger partial charge is 0.255 e. The van der Waals surface area contributed by atoms with Gasteiger partial charge in [0.05, 0.1) is 17.7 Å². The van der Waals surface area contributed by atoms with E-state index in [2.05, 4.69) is 10.6 Å². The topological polar surface area (TPSA) is 102 Å². The zero-order valence-corrected chi connectivity index (χ0v) is 14.8. The van der Waals surface area contributed by atoms with Gasteiger partial charge in [0.2, 0.25) is 5.91 Å². The Bertz CT molecular complexity index is 905. The summed E-state index contributed by atoms with van der Waals surface area (Å²) in [6, 6.07) is 10.4. The Labute approximate surface area is 145 Å². The molecule has 0 radical (unpaired) electrons. The van der Waals surface area contributed by atoms with E-state index < -0.39 is 15.7 Å². The Balaban J connectivity index is 2.25. The predicted molar refractivity (Wildman–Crippen MR) is 94.8 cm³/mol. The molecule has 0 unspecified atom stereocenters. The Morgan fingerprint density at radius 2 is 1.64 bits per heavy atom. The minimum Gasteiger partial charge on any atom is -0.495 e. The molecule has 0 aliphatic heterocycles. The second-order valence-corrected chi connectivity index (χ2v) is 7.36. The van der Waals surface area contributed by atoms with Crippen LogP contribution < -0.4 is 15.4 Å². The van der Waals surface area contributed by atoms with Crippen LogP contribution in [-0.2, 0) is 14.6 Å². The fourth-order valence-electron chi connectivity index (χ4n) is 2.13. The fourth-order valence-corrected chi connectivity index (χ4v) is 2.77. The molecule has 2 amide bonds. The summed E-state index contributed by atoms with van der Waals surface area (Å²) in [4.78, 5) is 23.7. The van der Waals surface area contributed by atoms with Crippen molar-refractivity contribution >= 4 is 33.0 Å². The molecule has 0 aromatic heterocycles. The number of rotatable bonds is 5. The highest BCUT2D eigenvalue weighted by atomic mass is 32.2. The van der Waals surface area contributed by atoms with E-state index in [0.29, 0.717) is 22.7 Å². The molecule has 0 saturated heterocycles. The summed E-state index contributed by atoms with van der Waals surface area (Å²) in [5, 5.41) is 5.31. The molecule has 0 atom stereocenters. The van der Waals surface area contributed by atoms with Crippen LogP contribution in [0, 0.1) is 0 Å². The average molecular weight is 362 g/mol. The summed E-state index contributed by atoms with van der Waals surface area (Å²) >= 11 is 0. The van der Waals surface area contributed by atoms with Crippen molar-refractivity contribution in [3.63, 3.8) is 0 Å². The molecule has 2 aromatic rings. The van der Waals surface area contributed by atoms with Gasteiger partial charge in [-0.2, -0.15) is 0 Å². The summed E-state index contributed by atoms with van der Waals surface area (Å²) in [5.41, 5.74) is 1.18. The van der Waals surface area contributed by atoms with Crippen LogP contribution in [0.2, 0.25) is 0 Å². The molecule has 8 heteroatoms. The van der Waals surface area contributed by atoms with Crippen LogP contribution in [0.1, 0.15) is 17.3 Å². The normalized spacial score (nSPS) is 10.8. The number of methoxy groups -OCH3 is 1. The Kier molecular flexibility index (Phi) is 5.43. The highest BCUT2D eigenvalue weighted by Crippen LogP contribution is 2.28. The first-order valence-electron chi connectivity index (χ1n) is 7.28. The highest BCUT2D eigenvalue weighted by molar-refractivity contribution is 7.90. The van der Waals surface area contributed by atoms with Crippen molar-refractivity contribution in [3.05, 3.63) is 48.0 Å². The van der Waals surface area contributed by atoms with Crippen LogP contribution in [0.15, 0.2) is 47.4 Å². The van der Waals surface area contributed by atoms with Crippen molar-refractivity contribution in [2.75, 3.05) is 24.0 Å². The predicted octanol–water partition coefficient (Wildman–Crippen LogP) is 2.31. The molecule has 132 valence electrons. The van der Waals surface area contributed by atoms with Crippen molar-refractivity contribution in [1.29, 1.82) is 0 Å². The number of carbonyl (C=O) groups is 2. The minimum atomic E-state index is -3.32. The van der Waals surface area contributed by atoms with E-state index in [0.717, 1.165) is 6.26 Å². The molecule has 0 aliphatic carbocycles. The molecule has 0 heterocycles. The Morgan fingerprint density at radius 3 is 2.16 bits per heavy atom. The van der Waals surface area contributed by atoms with E-state index in [1.54, 1.807) is 18.2 Å². The number of hydrogen-bond donors (Lipinski definition) is 2. The van der Waals surface area contributed by atoms with Crippen molar-refractivity contribution in [2.24, 2.45) is 0 Å². The number of hydrogen-bond acceptors (Lipinski definition) is 5. The van der Waals surface area contributed by atoms with Gasteiger partial charge in [-0.05, 0) is 42.5 Å². The number of carbonyl (C=O) groups excluding carboxylic acids is 2. The summed E-state index contributed by atoms with van der Waals surface area (Å²) in [6.07, 6.45) is 1.10. The second-order valence-electron chi connectivity index (χ2n) is 5.35. The van der Waals surface area contributed by atoms with Crippen LogP contribution in [0.3, 0.4) is 0 Å². The molecular weight excluding hydrogens is 344 g/mol. The second kappa shape index (κ2) is 7.35. The van der Waals surface area contributed by atoms with Crippen molar-refractivity contribution in [2.45, 2.75) is 11.8 Å². The standard InChI is InChI=1S/C17H18N2O5S/c1-11(20)18-13-6-9-16(24-2)15(10-13)19-17(21)12-4-7-14(8-5-12)25(3,22)23/h4-10H,1-3H3,(H,18,20)(H,19,21). The number of nitrogens with one attached hydrogen (secondary N) is 2. The molecular formula is C17H18N2O5S. The third kappa shape index (κ3) is 4.80. The van der Waals surface area contributed by atoms with Crippen LogP contribution in [0.5, 0.6) is 5.75 Å². The highest BCUT2D eigenvalue weighted by Gasteiger charge is 2.13. The number of sulfone groups is 1. The van der Waals surface area contributed by atoms with Gasteiger partial charge in [0.1, 0.15) is 5.75 Å². The van der Waals surface area contributed by atoms with Gasteiger partial charge >= 0.3 is 0 Å². The SMILES string of the molecule is COc1ccc(NC(C)=O)cc1NC(=O)c1ccc(S(C)(=O)=O)cc1. The monoisotopic (exact) mass is 362 g/mol.